The summed E-state index contributed by atoms with van der Waals surface area (Å²) in [7, 11) is 0. The molecule has 2 unspecified atom stereocenters. The normalized spacial score (nSPS) is 14.8. The van der Waals surface area contributed by atoms with Crippen LogP contribution >= 0.6 is 11.6 Å². The van der Waals surface area contributed by atoms with Crippen LogP contribution < -0.4 is 5.73 Å². The molecule has 0 amide bonds. The third-order valence-electron chi connectivity index (χ3n) is 2.96. The summed E-state index contributed by atoms with van der Waals surface area (Å²) in [6, 6.07) is 4.92. The Morgan fingerprint density at radius 3 is 2.75 bits per heavy atom. The molecule has 0 radical (unpaired) electrons. The molecule has 0 aliphatic carbocycles. The van der Waals surface area contributed by atoms with Crippen LogP contribution in [0.5, 0.6) is 0 Å². The lowest BCUT2D eigenvalue weighted by Gasteiger charge is -2.19. The van der Waals surface area contributed by atoms with Crippen molar-refractivity contribution in [1.29, 1.82) is 0 Å². The second-order valence-electron chi connectivity index (χ2n) is 4.35. The Morgan fingerprint density at radius 2 is 2.12 bits per heavy atom. The van der Waals surface area contributed by atoms with Crippen LogP contribution in [0.3, 0.4) is 0 Å². The molecule has 2 N–H and O–H groups in total. The number of nitrogens with two attached hydrogens (primary N) is 1. The molecule has 1 aromatic carbocycles. The molecule has 1 nitrogen and oxygen atoms in total. The van der Waals surface area contributed by atoms with Crippen LogP contribution in [0.25, 0.3) is 0 Å². The Hall–Kier alpha value is -0.600. The first-order valence-electron chi connectivity index (χ1n) is 5.74. The second kappa shape index (κ2) is 6.21. The Morgan fingerprint density at radius 1 is 1.44 bits per heavy atom. The highest BCUT2D eigenvalue weighted by Crippen LogP contribution is 2.22. The van der Waals surface area contributed by atoms with Crippen LogP contribution in [-0.4, -0.2) is 6.04 Å². The van der Waals surface area contributed by atoms with Crippen molar-refractivity contribution in [2.75, 3.05) is 0 Å². The summed E-state index contributed by atoms with van der Waals surface area (Å²) in [6.45, 7) is 4.26. The molecule has 3 heteroatoms. The van der Waals surface area contributed by atoms with E-state index in [2.05, 4.69) is 13.8 Å². The van der Waals surface area contributed by atoms with Gasteiger partial charge in [0.25, 0.3) is 0 Å². The van der Waals surface area contributed by atoms with Gasteiger partial charge in [-0.2, -0.15) is 0 Å². The van der Waals surface area contributed by atoms with Gasteiger partial charge in [-0.15, -0.1) is 0 Å². The van der Waals surface area contributed by atoms with Gasteiger partial charge in [-0.1, -0.05) is 44.0 Å². The summed E-state index contributed by atoms with van der Waals surface area (Å²) in [5.74, 6) is 0.0684. The van der Waals surface area contributed by atoms with Crippen molar-refractivity contribution in [2.45, 2.75) is 39.2 Å². The van der Waals surface area contributed by atoms with Crippen LogP contribution in [0.1, 0.15) is 32.3 Å². The molecule has 16 heavy (non-hydrogen) atoms. The second-order valence-corrected chi connectivity index (χ2v) is 4.72. The third-order valence-corrected chi connectivity index (χ3v) is 3.39. The summed E-state index contributed by atoms with van der Waals surface area (Å²) < 4.78 is 13.2. The summed E-state index contributed by atoms with van der Waals surface area (Å²) in [6.07, 6.45) is 2.84. The summed E-state index contributed by atoms with van der Waals surface area (Å²) >= 11 is 5.89. The van der Waals surface area contributed by atoms with Gasteiger partial charge in [-0.3, -0.25) is 0 Å². The molecular formula is C13H19ClFN. The molecule has 0 aliphatic rings. The van der Waals surface area contributed by atoms with E-state index in [0.29, 0.717) is 12.3 Å². The summed E-state index contributed by atoms with van der Waals surface area (Å²) in [4.78, 5) is 0. The highest BCUT2D eigenvalue weighted by Gasteiger charge is 2.15. The van der Waals surface area contributed by atoms with E-state index in [0.717, 1.165) is 18.4 Å². The molecule has 0 saturated heterocycles. The fourth-order valence-electron chi connectivity index (χ4n) is 1.83. The van der Waals surface area contributed by atoms with Crippen LogP contribution in [0.4, 0.5) is 4.39 Å². The lowest BCUT2D eigenvalue weighted by Crippen LogP contribution is -2.30. The Balaban J connectivity index is 2.69. The molecular weight excluding hydrogens is 225 g/mol. The largest absolute Gasteiger partial charge is 0.327 e. The zero-order valence-corrected chi connectivity index (χ0v) is 10.6. The minimum Gasteiger partial charge on any atom is -0.327 e. The number of benzene rings is 1. The lowest BCUT2D eigenvalue weighted by atomic mass is 9.92. The minimum absolute atomic E-state index is 0.0410. The molecule has 1 rings (SSSR count). The van der Waals surface area contributed by atoms with Gasteiger partial charge in [0.1, 0.15) is 5.82 Å². The van der Waals surface area contributed by atoms with Crippen molar-refractivity contribution in [1.82, 2.24) is 0 Å². The summed E-state index contributed by atoms with van der Waals surface area (Å²) in [5, 5.41) is 0.210. The maximum atomic E-state index is 13.2. The van der Waals surface area contributed by atoms with E-state index in [1.165, 1.54) is 6.07 Å². The van der Waals surface area contributed by atoms with Crippen molar-refractivity contribution >= 4 is 11.6 Å². The first kappa shape index (κ1) is 13.5. The Kier molecular flexibility index (Phi) is 5.23. The number of hydrogen-bond donors (Lipinski definition) is 1. The van der Waals surface area contributed by atoms with E-state index >= 15 is 0 Å². The van der Waals surface area contributed by atoms with Gasteiger partial charge in [0.15, 0.2) is 0 Å². The van der Waals surface area contributed by atoms with E-state index in [9.17, 15) is 4.39 Å². The zero-order valence-electron chi connectivity index (χ0n) is 9.84. The Labute approximate surface area is 102 Å². The topological polar surface area (TPSA) is 26.0 Å². The van der Waals surface area contributed by atoms with Crippen LogP contribution in [0, 0.1) is 11.7 Å². The smallest absolute Gasteiger partial charge is 0.142 e. The van der Waals surface area contributed by atoms with Crippen LogP contribution in [-0.2, 0) is 6.42 Å². The van der Waals surface area contributed by atoms with Crippen LogP contribution in [0.15, 0.2) is 18.2 Å². The van der Waals surface area contributed by atoms with E-state index in [1.54, 1.807) is 6.07 Å². The maximum absolute atomic E-state index is 13.2. The zero-order chi connectivity index (χ0) is 12.1. The molecule has 0 aliphatic heterocycles. The average Bonchev–Trinajstić information content (AvgIpc) is 2.25. The SMILES string of the molecule is CCCC(C)C(N)Cc1cccc(F)c1Cl. The van der Waals surface area contributed by atoms with Gasteiger partial charge < -0.3 is 5.73 Å². The van der Waals surface area contributed by atoms with Gasteiger partial charge in [0.05, 0.1) is 5.02 Å². The van der Waals surface area contributed by atoms with Crippen molar-refractivity contribution in [3.8, 4) is 0 Å². The fraction of sp³-hybridized carbons (Fsp3) is 0.538. The van der Waals surface area contributed by atoms with Gasteiger partial charge in [-0.25, -0.2) is 4.39 Å². The quantitative estimate of drug-likeness (QED) is 0.837. The monoisotopic (exact) mass is 243 g/mol. The predicted molar refractivity (Wildman–Crippen MR) is 67.2 cm³/mol. The average molecular weight is 244 g/mol. The lowest BCUT2D eigenvalue weighted by molar-refractivity contribution is 0.419. The standard InChI is InChI=1S/C13H19ClFN/c1-3-5-9(2)12(16)8-10-6-4-7-11(15)13(10)14/h4,6-7,9,12H,3,5,8,16H2,1-2H3. The molecule has 1 aromatic rings. The van der Waals surface area contributed by atoms with Crippen molar-refractivity contribution in [3.63, 3.8) is 0 Å². The Bertz CT molecular complexity index is 341. The predicted octanol–water partition coefficient (Wildman–Crippen LogP) is 3.79. The third kappa shape index (κ3) is 3.46. The van der Waals surface area contributed by atoms with Crippen LogP contribution in [0.2, 0.25) is 5.02 Å². The number of halogens is 2. The van der Waals surface area contributed by atoms with Gasteiger partial charge in [-0.05, 0) is 30.4 Å². The van der Waals surface area contributed by atoms with E-state index in [1.807, 2.05) is 6.07 Å². The van der Waals surface area contributed by atoms with Crippen molar-refractivity contribution in [3.05, 3.63) is 34.6 Å². The van der Waals surface area contributed by atoms with E-state index in [-0.39, 0.29) is 16.9 Å². The first-order chi connectivity index (χ1) is 7.56. The molecule has 90 valence electrons. The molecule has 2 atom stereocenters. The van der Waals surface area contributed by atoms with E-state index < -0.39 is 0 Å². The first-order valence-corrected chi connectivity index (χ1v) is 6.12. The number of rotatable bonds is 5. The molecule has 0 heterocycles. The molecule has 0 aromatic heterocycles. The van der Waals surface area contributed by atoms with Crippen molar-refractivity contribution < 1.29 is 4.39 Å². The van der Waals surface area contributed by atoms with Gasteiger partial charge >= 0.3 is 0 Å². The van der Waals surface area contributed by atoms with Crippen molar-refractivity contribution in [2.24, 2.45) is 11.7 Å². The molecule has 0 spiro atoms. The minimum atomic E-state index is -0.366. The van der Waals surface area contributed by atoms with Gasteiger partial charge in [0, 0.05) is 6.04 Å². The molecule has 0 fully saturated rings. The molecule has 0 saturated carbocycles. The molecule has 0 bridgehead atoms. The summed E-state index contributed by atoms with van der Waals surface area (Å²) in [5.41, 5.74) is 6.88. The maximum Gasteiger partial charge on any atom is 0.142 e. The van der Waals surface area contributed by atoms with E-state index in [4.69, 9.17) is 17.3 Å². The highest BCUT2D eigenvalue weighted by molar-refractivity contribution is 6.31. The highest BCUT2D eigenvalue weighted by atomic mass is 35.5. The van der Waals surface area contributed by atoms with Gasteiger partial charge in [0.2, 0.25) is 0 Å². The number of hydrogen-bond acceptors (Lipinski definition) is 1. The fourth-order valence-corrected chi connectivity index (χ4v) is 2.03.